The number of ether oxygens (including phenoxy) is 2. The van der Waals surface area contributed by atoms with Gasteiger partial charge in [0.15, 0.2) is 6.19 Å². The zero-order chi connectivity index (χ0) is 23.5. The molecule has 10 heteroatoms. The fourth-order valence-corrected chi connectivity index (χ4v) is 3.17. The summed E-state index contributed by atoms with van der Waals surface area (Å²) >= 11 is 0. The summed E-state index contributed by atoms with van der Waals surface area (Å²) < 4.78 is 10.5. The molecule has 1 aromatic rings. The van der Waals surface area contributed by atoms with Gasteiger partial charge in [-0.25, -0.2) is 4.79 Å². The van der Waals surface area contributed by atoms with E-state index in [9.17, 15) is 14.4 Å². The van der Waals surface area contributed by atoms with Crippen LogP contribution in [-0.4, -0.2) is 80.3 Å². The van der Waals surface area contributed by atoms with Gasteiger partial charge in [-0.3, -0.25) is 24.7 Å². The molecule has 2 N–H and O–H groups in total. The van der Waals surface area contributed by atoms with E-state index in [1.165, 1.54) is 7.05 Å². The lowest BCUT2D eigenvalue weighted by molar-refractivity contribution is -0.129. The van der Waals surface area contributed by atoms with E-state index in [1.807, 2.05) is 13.8 Å². The Morgan fingerprint density at radius 1 is 1.22 bits per heavy atom. The second kappa shape index (κ2) is 12.6. The van der Waals surface area contributed by atoms with Gasteiger partial charge in [-0.05, 0) is 36.6 Å². The van der Waals surface area contributed by atoms with Crippen LogP contribution in [-0.2, 0) is 14.3 Å². The van der Waals surface area contributed by atoms with Crippen molar-refractivity contribution in [2.45, 2.75) is 26.3 Å². The molecule has 32 heavy (non-hydrogen) atoms. The number of hydrogen-bond donors (Lipinski definition) is 2. The van der Waals surface area contributed by atoms with Crippen molar-refractivity contribution in [1.29, 1.82) is 5.26 Å². The van der Waals surface area contributed by atoms with Gasteiger partial charge >= 0.3 is 6.09 Å². The van der Waals surface area contributed by atoms with E-state index in [4.69, 9.17) is 14.7 Å². The summed E-state index contributed by atoms with van der Waals surface area (Å²) in [5.74, 6) is -0.750. The first-order valence-electron chi connectivity index (χ1n) is 10.6. The first kappa shape index (κ1) is 25.1. The van der Waals surface area contributed by atoms with Gasteiger partial charge < -0.3 is 14.8 Å². The minimum Gasteiger partial charge on any atom is -0.448 e. The van der Waals surface area contributed by atoms with Crippen LogP contribution >= 0.6 is 0 Å². The third-order valence-corrected chi connectivity index (χ3v) is 4.93. The molecule has 174 valence electrons. The van der Waals surface area contributed by atoms with Crippen LogP contribution in [0.5, 0.6) is 0 Å². The maximum Gasteiger partial charge on any atom is 0.411 e. The molecule has 1 heterocycles. The number of carbonyl (C=O) groups excluding carboxylic acids is 3. The van der Waals surface area contributed by atoms with Crippen molar-refractivity contribution in [1.82, 2.24) is 15.1 Å². The molecule has 1 fully saturated rings. The highest BCUT2D eigenvalue weighted by molar-refractivity contribution is 5.98. The Kier molecular flexibility index (Phi) is 9.91. The van der Waals surface area contributed by atoms with Crippen molar-refractivity contribution < 1.29 is 23.9 Å². The van der Waals surface area contributed by atoms with Gasteiger partial charge in [0.05, 0.1) is 13.2 Å². The van der Waals surface area contributed by atoms with Crippen LogP contribution in [0.1, 0.15) is 30.6 Å². The Balaban J connectivity index is 1.85. The molecule has 0 bridgehead atoms. The quantitative estimate of drug-likeness (QED) is 0.437. The number of likely N-dealkylation sites (N-methyl/N-ethyl adjacent to an activating group) is 1. The SMILES string of the molecule is CC(C)CC(NC(=O)c1ccc(NC(=O)OCCN2CCOCC2)cc1)C(=O)N(C)C#N. The number of morpholine rings is 1. The van der Waals surface area contributed by atoms with Crippen molar-refractivity contribution in [2.24, 2.45) is 5.92 Å². The second-order valence-electron chi connectivity index (χ2n) is 7.95. The Labute approximate surface area is 188 Å². The topological polar surface area (TPSA) is 124 Å². The van der Waals surface area contributed by atoms with Crippen LogP contribution in [0.3, 0.4) is 0 Å². The van der Waals surface area contributed by atoms with E-state index < -0.39 is 23.9 Å². The minimum atomic E-state index is -0.800. The summed E-state index contributed by atoms with van der Waals surface area (Å²) in [7, 11) is 1.36. The van der Waals surface area contributed by atoms with Crippen molar-refractivity contribution in [3.05, 3.63) is 29.8 Å². The molecule has 1 saturated heterocycles. The zero-order valence-corrected chi connectivity index (χ0v) is 18.8. The largest absolute Gasteiger partial charge is 0.448 e. The standard InChI is InChI=1S/C22H31N5O5/c1-16(2)14-19(21(29)26(3)15-23)25-20(28)17-4-6-18(7-5-17)24-22(30)32-13-10-27-8-11-31-12-9-27/h4-7,16,19H,8-14H2,1-3H3,(H,24,30)(H,25,28). The molecule has 0 aromatic heterocycles. The Morgan fingerprint density at radius 2 is 1.88 bits per heavy atom. The van der Waals surface area contributed by atoms with Crippen LogP contribution in [0.25, 0.3) is 0 Å². The summed E-state index contributed by atoms with van der Waals surface area (Å²) in [5.41, 5.74) is 0.814. The molecule has 1 aromatic carbocycles. The van der Waals surface area contributed by atoms with Crippen molar-refractivity contribution in [3.8, 4) is 6.19 Å². The van der Waals surface area contributed by atoms with Gasteiger partial charge in [0.2, 0.25) is 0 Å². The number of benzene rings is 1. The molecule has 1 unspecified atom stereocenters. The van der Waals surface area contributed by atoms with Gasteiger partial charge in [-0.15, -0.1) is 0 Å². The summed E-state index contributed by atoms with van der Waals surface area (Å²) in [6.45, 7) is 7.80. The first-order valence-corrected chi connectivity index (χ1v) is 10.6. The number of nitriles is 1. The molecule has 10 nitrogen and oxygen atoms in total. The molecule has 0 radical (unpaired) electrons. The van der Waals surface area contributed by atoms with Crippen LogP contribution in [0.4, 0.5) is 10.5 Å². The number of rotatable bonds is 9. The Morgan fingerprint density at radius 3 is 2.47 bits per heavy atom. The highest BCUT2D eigenvalue weighted by Crippen LogP contribution is 2.12. The number of nitrogens with one attached hydrogen (secondary N) is 2. The van der Waals surface area contributed by atoms with E-state index in [0.717, 1.165) is 18.0 Å². The number of nitrogens with zero attached hydrogens (tertiary/aromatic N) is 3. The Hall–Kier alpha value is -3.16. The third-order valence-electron chi connectivity index (χ3n) is 4.93. The molecule has 0 saturated carbocycles. The van der Waals surface area contributed by atoms with Crippen LogP contribution in [0.15, 0.2) is 24.3 Å². The highest BCUT2D eigenvalue weighted by Gasteiger charge is 2.25. The number of amides is 3. The predicted molar refractivity (Wildman–Crippen MR) is 118 cm³/mol. The molecule has 1 aliphatic rings. The number of carbonyl (C=O) groups is 3. The monoisotopic (exact) mass is 445 g/mol. The van der Waals surface area contributed by atoms with Gasteiger partial charge in [-0.1, -0.05) is 13.8 Å². The summed E-state index contributed by atoms with van der Waals surface area (Å²) in [5, 5.41) is 14.3. The van der Waals surface area contributed by atoms with E-state index >= 15 is 0 Å². The fourth-order valence-electron chi connectivity index (χ4n) is 3.17. The third kappa shape index (κ3) is 8.17. The van der Waals surface area contributed by atoms with Crippen LogP contribution < -0.4 is 10.6 Å². The van der Waals surface area contributed by atoms with Gasteiger partial charge in [-0.2, -0.15) is 5.26 Å². The van der Waals surface area contributed by atoms with E-state index in [0.29, 0.717) is 37.4 Å². The summed E-state index contributed by atoms with van der Waals surface area (Å²) in [6, 6.07) is 5.46. The van der Waals surface area contributed by atoms with Gasteiger partial charge in [0.25, 0.3) is 11.8 Å². The average molecular weight is 446 g/mol. The molecular formula is C22H31N5O5. The molecule has 0 aliphatic carbocycles. The summed E-state index contributed by atoms with van der Waals surface area (Å²) in [4.78, 5) is 40.0. The fraction of sp³-hybridized carbons (Fsp3) is 0.545. The lowest BCUT2D eigenvalue weighted by Crippen LogP contribution is -2.46. The molecule has 2 rings (SSSR count). The number of hydrogen-bond acceptors (Lipinski definition) is 7. The molecule has 3 amide bonds. The maximum absolute atomic E-state index is 12.6. The smallest absolute Gasteiger partial charge is 0.411 e. The first-order chi connectivity index (χ1) is 15.3. The van der Waals surface area contributed by atoms with Gasteiger partial charge in [0.1, 0.15) is 12.6 Å². The van der Waals surface area contributed by atoms with E-state index in [2.05, 4.69) is 15.5 Å². The van der Waals surface area contributed by atoms with Crippen molar-refractivity contribution in [2.75, 3.05) is 51.8 Å². The Bertz CT molecular complexity index is 815. The van der Waals surface area contributed by atoms with Crippen molar-refractivity contribution >= 4 is 23.6 Å². The minimum absolute atomic E-state index is 0.150. The number of anilines is 1. The summed E-state index contributed by atoms with van der Waals surface area (Å²) in [6.07, 6.45) is 1.60. The average Bonchev–Trinajstić information content (AvgIpc) is 2.78. The van der Waals surface area contributed by atoms with E-state index in [1.54, 1.807) is 30.5 Å². The van der Waals surface area contributed by atoms with Gasteiger partial charge in [0, 0.05) is 37.9 Å². The lowest BCUT2D eigenvalue weighted by atomic mass is 10.0. The zero-order valence-electron chi connectivity index (χ0n) is 18.8. The molecule has 1 atom stereocenters. The lowest BCUT2D eigenvalue weighted by Gasteiger charge is -2.26. The predicted octanol–water partition coefficient (Wildman–Crippen LogP) is 1.65. The maximum atomic E-state index is 12.6. The molecule has 0 spiro atoms. The highest BCUT2D eigenvalue weighted by atomic mass is 16.5. The molecular weight excluding hydrogens is 414 g/mol. The van der Waals surface area contributed by atoms with Crippen molar-refractivity contribution in [3.63, 3.8) is 0 Å². The van der Waals surface area contributed by atoms with Crippen LogP contribution in [0, 0.1) is 17.4 Å². The second-order valence-corrected chi connectivity index (χ2v) is 7.95. The normalized spacial score (nSPS) is 14.8. The van der Waals surface area contributed by atoms with Crippen LogP contribution in [0.2, 0.25) is 0 Å². The van der Waals surface area contributed by atoms with E-state index in [-0.39, 0.29) is 12.5 Å². The molecule has 1 aliphatic heterocycles.